The van der Waals surface area contributed by atoms with E-state index in [2.05, 4.69) is 78.9 Å². The second-order valence-electron chi connectivity index (χ2n) is 4.92. The largest absolute Gasteiger partial charge is 0.0622 e. The van der Waals surface area contributed by atoms with E-state index in [1.807, 2.05) is 6.07 Å². The Hall–Kier alpha value is -2.34. The average Bonchev–Trinajstić information content (AvgIpc) is 2.55. The molecule has 3 rings (SSSR count). The molecule has 1 radical (unpaired) electrons. The third-order valence-corrected chi connectivity index (χ3v) is 3.53. The summed E-state index contributed by atoms with van der Waals surface area (Å²) < 4.78 is 0. The Labute approximate surface area is 120 Å². The van der Waals surface area contributed by atoms with E-state index in [9.17, 15) is 0 Å². The number of hydrogen-bond donors (Lipinski definition) is 0. The molecule has 0 aliphatic rings. The van der Waals surface area contributed by atoms with Crippen molar-refractivity contribution in [2.45, 2.75) is 12.8 Å². The van der Waals surface area contributed by atoms with Gasteiger partial charge < -0.3 is 0 Å². The first-order chi connectivity index (χ1) is 9.93. The average molecular weight is 257 g/mol. The quantitative estimate of drug-likeness (QED) is 0.621. The summed E-state index contributed by atoms with van der Waals surface area (Å²) in [5, 5.41) is 0. The van der Waals surface area contributed by atoms with Crippen molar-refractivity contribution in [3.05, 3.63) is 96.1 Å². The molecule has 0 aliphatic carbocycles. The summed E-state index contributed by atoms with van der Waals surface area (Å²) in [5.74, 6) is 0. The highest BCUT2D eigenvalue weighted by Gasteiger charge is 2.04. The van der Waals surface area contributed by atoms with Crippen LogP contribution in [0.3, 0.4) is 0 Å². The first-order valence-electron chi connectivity index (χ1n) is 7.02. The summed E-state index contributed by atoms with van der Waals surface area (Å²) in [6.45, 7) is 0. The van der Waals surface area contributed by atoms with E-state index in [4.69, 9.17) is 0 Å². The van der Waals surface area contributed by atoms with Crippen LogP contribution in [0.5, 0.6) is 0 Å². The topological polar surface area (TPSA) is 0 Å². The number of rotatable bonds is 4. The van der Waals surface area contributed by atoms with Gasteiger partial charge in [0.15, 0.2) is 0 Å². The molecule has 0 amide bonds. The zero-order valence-electron chi connectivity index (χ0n) is 11.4. The lowest BCUT2D eigenvalue weighted by molar-refractivity contribution is 0.962. The highest BCUT2D eigenvalue weighted by molar-refractivity contribution is 5.66. The lowest BCUT2D eigenvalue weighted by atomic mass is 9.95. The number of hydrogen-bond acceptors (Lipinski definition) is 0. The van der Waals surface area contributed by atoms with Gasteiger partial charge in [0, 0.05) is 0 Å². The molecule has 0 heteroatoms. The smallest absolute Gasteiger partial charge is 0.00730 e. The molecule has 0 aromatic heterocycles. The Morgan fingerprint density at radius 2 is 1.35 bits per heavy atom. The van der Waals surface area contributed by atoms with Gasteiger partial charge in [0.2, 0.25) is 0 Å². The molecule has 0 aliphatic heterocycles. The van der Waals surface area contributed by atoms with Gasteiger partial charge in [0.1, 0.15) is 0 Å². The van der Waals surface area contributed by atoms with Crippen LogP contribution in [-0.2, 0) is 12.8 Å². The van der Waals surface area contributed by atoms with Gasteiger partial charge in [-0.05, 0) is 41.2 Å². The molecule has 0 atom stereocenters. The van der Waals surface area contributed by atoms with Gasteiger partial charge in [-0.3, -0.25) is 0 Å². The summed E-state index contributed by atoms with van der Waals surface area (Å²) in [4.78, 5) is 0. The molecular formula is C20H17. The maximum atomic E-state index is 3.39. The summed E-state index contributed by atoms with van der Waals surface area (Å²) in [6, 6.07) is 30.8. The summed E-state index contributed by atoms with van der Waals surface area (Å²) >= 11 is 0. The normalized spacial score (nSPS) is 10.4. The highest BCUT2D eigenvalue weighted by atomic mass is 14.1. The van der Waals surface area contributed by atoms with Gasteiger partial charge in [0.25, 0.3) is 0 Å². The molecule has 0 nitrogen and oxygen atoms in total. The van der Waals surface area contributed by atoms with Crippen molar-refractivity contribution in [1.82, 2.24) is 0 Å². The SMILES string of the molecule is [c]1cccc(CCc2ccccc2)c1-c1ccccc1. The molecule has 0 unspecified atom stereocenters. The molecule has 0 N–H and O–H groups in total. The number of benzene rings is 3. The van der Waals surface area contributed by atoms with Crippen LogP contribution in [0.15, 0.2) is 78.9 Å². The van der Waals surface area contributed by atoms with Crippen molar-refractivity contribution in [3.63, 3.8) is 0 Å². The third kappa shape index (κ3) is 2.97. The Bertz CT molecular complexity index is 654. The fourth-order valence-corrected chi connectivity index (χ4v) is 2.48. The molecule has 0 heterocycles. The fourth-order valence-electron chi connectivity index (χ4n) is 2.48. The van der Waals surface area contributed by atoms with Crippen LogP contribution in [-0.4, -0.2) is 0 Å². The first-order valence-corrected chi connectivity index (χ1v) is 7.02. The number of aryl methyl sites for hydroxylation is 2. The van der Waals surface area contributed by atoms with Gasteiger partial charge in [-0.25, -0.2) is 0 Å². The summed E-state index contributed by atoms with van der Waals surface area (Å²) in [5.41, 5.74) is 5.22. The van der Waals surface area contributed by atoms with E-state index < -0.39 is 0 Å². The molecule has 0 fully saturated rings. The van der Waals surface area contributed by atoms with Crippen molar-refractivity contribution in [3.8, 4) is 11.1 Å². The molecule has 0 bridgehead atoms. The molecule has 20 heavy (non-hydrogen) atoms. The van der Waals surface area contributed by atoms with E-state index in [1.165, 1.54) is 22.3 Å². The van der Waals surface area contributed by atoms with E-state index in [0.29, 0.717) is 0 Å². The van der Waals surface area contributed by atoms with E-state index in [1.54, 1.807) is 0 Å². The minimum absolute atomic E-state index is 1.05. The van der Waals surface area contributed by atoms with Crippen LogP contribution in [0.4, 0.5) is 0 Å². The predicted octanol–water partition coefficient (Wildman–Crippen LogP) is 4.94. The Morgan fingerprint density at radius 3 is 2.10 bits per heavy atom. The van der Waals surface area contributed by atoms with Crippen LogP contribution in [0.25, 0.3) is 11.1 Å². The van der Waals surface area contributed by atoms with Crippen molar-refractivity contribution >= 4 is 0 Å². The minimum Gasteiger partial charge on any atom is -0.0622 e. The van der Waals surface area contributed by atoms with Crippen molar-refractivity contribution in [2.75, 3.05) is 0 Å². The fraction of sp³-hybridized carbons (Fsp3) is 0.100. The van der Waals surface area contributed by atoms with Crippen LogP contribution in [0.2, 0.25) is 0 Å². The molecule has 0 spiro atoms. The maximum absolute atomic E-state index is 3.39. The lowest BCUT2D eigenvalue weighted by Gasteiger charge is -2.09. The van der Waals surface area contributed by atoms with Crippen molar-refractivity contribution in [2.24, 2.45) is 0 Å². The molecule has 0 saturated heterocycles. The highest BCUT2D eigenvalue weighted by Crippen LogP contribution is 2.24. The van der Waals surface area contributed by atoms with E-state index >= 15 is 0 Å². The van der Waals surface area contributed by atoms with Crippen LogP contribution >= 0.6 is 0 Å². The Morgan fingerprint density at radius 1 is 0.650 bits per heavy atom. The van der Waals surface area contributed by atoms with E-state index in [-0.39, 0.29) is 0 Å². The first kappa shape index (κ1) is 12.7. The minimum atomic E-state index is 1.05. The Balaban J connectivity index is 1.84. The van der Waals surface area contributed by atoms with Crippen LogP contribution < -0.4 is 0 Å². The monoisotopic (exact) mass is 257 g/mol. The molecule has 3 aromatic rings. The van der Waals surface area contributed by atoms with Gasteiger partial charge in [-0.1, -0.05) is 78.9 Å². The maximum Gasteiger partial charge on any atom is -0.00730 e. The molecule has 0 saturated carbocycles. The molecular weight excluding hydrogens is 240 g/mol. The lowest BCUT2D eigenvalue weighted by Crippen LogP contribution is -1.94. The standard InChI is InChI=1S/C20H17/c1-3-9-17(10-4-1)15-16-19-13-7-8-14-20(19)18-11-5-2-6-12-18/h1-13H,15-16H2. The summed E-state index contributed by atoms with van der Waals surface area (Å²) in [6.07, 6.45) is 2.12. The van der Waals surface area contributed by atoms with Gasteiger partial charge in [-0.2, -0.15) is 0 Å². The zero-order valence-corrected chi connectivity index (χ0v) is 11.4. The molecule has 97 valence electrons. The van der Waals surface area contributed by atoms with Crippen molar-refractivity contribution in [1.29, 1.82) is 0 Å². The molecule has 3 aromatic carbocycles. The second-order valence-corrected chi connectivity index (χ2v) is 4.92. The van der Waals surface area contributed by atoms with E-state index in [0.717, 1.165) is 12.8 Å². The van der Waals surface area contributed by atoms with Crippen LogP contribution in [0.1, 0.15) is 11.1 Å². The van der Waals surface area contributed by atoms with Crippen LogP contribution in [0, 0.1) is 6.07 Å². The summed E-state index contributed by atoms with van der Waals surface area (Å²) in [7, 11) is 0. The van der Waals surface area contributed by atoms with Gasteiger partial charge in [-0.15, -0.1) is 0 Å². The third-order valence-electron chi connectivity index (χ3n) is 3.53. The Kier molecular flexibility index (Phi) is 3.93. The zero-order chi connectivity index (χ0) is 13.6. The predicted molar refractivity (Wildman–Crippen MR) is 84.6 cm³/mol. The van der Waals surface area contributed by atoms with Gasteiger partial charge >= 0.3 is 0 Å². The van der Waals surface area contributed by atoms with Gasteiger partial charge in [0.05, 0.1) is 0 Å². The van der Waals surface area contributed by atoms with Crippen molar-refractivity contribution < 1.29 is 0 Å². The second kappa shape index (κ2) is 6.21.